The first-order valence-corrected chi connectivity index (χ1v) is 5.95. The second-order valence-electron chi connectivity index (χ2n) is 3.59. The summed E-state index contributed by atoms with van der Waals surface area (Å²) in [4.78, 5) is 4.19. The van der Waals surface area contributed by atoms with Crippen molar-refractivity contribution in [2.24, 2.45) is 10.7 Å². The SMILES string of the molecule is CCCCN=C(N)Nc1ccc(OC)c(Cl)c1.I. The topological polar surface area (TPSA) is 59.6 Å². The Balaban J connectivity index is 0.00000289. The van der Waals surface area contributed by atoms with Crippen LogP contribution in [0.5, 0.6) is 5.75 Å². The molecule has 18 heavy (non-hydrogen) atoms. The maximum atomic E-state index is 5.99. The van der Waals surface area contributed by atoms with E-state index in [1.807, 2.05) is 6.07 Å². The van der Waals surface area contributed by atoms with Crippen LogP contribution in [0.15, 0.2) is 23.2 Å². The predicted molar refractivity (Wildman–Crippen MR) is 88.4 cm³/mol. The van der Waals surface area contributed by atoms with E-state index in [2.05, 4.69) is 17.2 Å². The Morgan fingerprint density at radius 2 is 2.22 bits per heavy atom. The average Bonchev–Trinajstić information content (AvgIpc) is 2.29. The van der Waals surface area contributed by atoms with Gasteiger partial charge in [0.1, 0.15) is 5.75 Å². The molecule has 0 atom stereocenters. The fourth-order valence-electron chi connectivity index (χ4n) is 1.29. The van der Waals surface area contributed by atoms with E-state index >= 15 is 0 Å². The molecule has 0 aliphatic heterocycles. The number of nitrogens with one attached hydrogen (secondary N) is 1. The first-order chi connectivity index (χ1) is 8.17. The highest BCUT2D eigenvalue weighted by atomic mass is 127. The molecule has 0 bridgehead atoms. The summed E-state index contributed by atoms with van der Waals surface area (Å²) in [6.07, 6.45) is 2.14. The minimum atomic E-state index is 0. The van der Waals surface area contributed by atoms with Gasteiger partial charge in [0.05, 0.1) is 12.1 Å². The minimum Gasteiger partial charge on any atom is -0.495 e. The number of unbranched alkanes of at least 4 members (excludes halogenated alkanes) is 1. The molecule has 0 amide bonds. The van der Waals surface area contributed by atoms with Crippen molar-refractivity contribution in [2.45, 2.75) is 19.8 Å². The number of hydrogen-bond acceptors (Lipinski definition) is 2. The van der Waals surface area contributed by atoms with Gasteiger partial charge in [-0.25, -0.2) is 0 Å². The summed E-state index contributed by atoms with van der Waals surface area (Å²) in [6, 6.07) is 5.37. The van der Waals surface area contributed by atoms with Gasteiger partial charge >= 0.3 is 0 Å². The third-order valence-corrected chi connectivity index (χ3v) is 2.51. The fourth-order valence-corrected chi connectivity index (χ4v) is 1.55. The molecule has 0 radical (unpaired) electrons. The quantitative estimate of drug-likeness (QED) is 0.354. The van der Waals surface area contributed by atoms with E-state index in [4.69, 9.17) is 22.1 Å². The van der Waals surface area contributed by atoms with Gasteiger partial charge in [-0.1, -0.05) is 24.9 Å². The van der Waals surface area contributed by atoms with Gasteiger partial charge in [0.25, 0.3) is 0 Å². The summed E-state index contributed by atoms with van der Waals surface area (Å²) in [5.41, 5.74) is 6.53. The summed E-state index contributed by atoms with van der Waals surface area (Å²) in [7, 11) is 1.58. The molecule has 0 unspecified atom stereocenters. The lowest BCUT2D eigenvalue weighted by molar-refractivity contribution is 0.415. The van der Waals surface area contributed by atoms with E-state index in [-0.39, 0.29) is 24.0 Å². The Hall–Kier alpha value is -0.690. The summed E-state index contributed by atoms with van der Waals surface area (Å²) in [5.74, 6) is 1.04. The van der Waals surface area contributed by atoms with Crippen LogP contribution in [0.3, 0.4) is 0 Å². The number of hydrogen-bond donors (Lipinski definition) is 2. The Kier molecular flexibility index (Phi) is 8.91. The van der Waals surface area contributed by atoms with Crippen molar-refractivity contribution in [3.05, 3.63) is 23.2 Å². The number of nitrogens with zero attached hydrogens (tertiary/aromatic N) is 1. The Bertz CT molecular complexity index is 399. The molecule has 0 saturated heterocycles. The smallest absolute Gasteiger partial charge is 0.193 e. The molecule has 6 heteroatoms. The Morgan fingerprint density at radius 3 is 2.78 bits per heavy atom. The number of anilines is 1. The third kappa shape index (κ3) is 5.77. The number of ether oxygens (including phenoxy) is 1. The second-order valence-corrected chi connectivity index (χ2v) is 4.00. The van der Waals surface area contributed by atoms with Crippen LogP contribution in [-0.4, -0.2) is 19.6 Å². The number of rotatable bonds is 5. The molecule has 0 fully saturated rings. The highest BCUT2D eigenvalue weighted by molar-refractivity contribution is 14.0. The molecule has 102 valence electrons. The van der Waals surface area contributed by atoms with Gasteiger partial charge in [-0.2, -0.15) is 0 Å². The molecular weight excluding hydrogens is 365 g/mol. The van der Waals surface area contributed by atoms with E-state index < -0.39 is 0 Å². The summed E-state index contributed by atoms with van der Waals surface area (Å²) >= 11 is 5.99. The zero-order valence-corrected chi connectivity index (χ0v) is 13.7. The van der Waals surface area contributed by atoms with Gasteiger partial charge in [-0.05, 0) is 24.6 Å². The van der Waals surface area contributed by atoms with Crippen LogP contribution in [-0.2, 0) is 0 Å². The van der Waals surface area contributed by atoms with Gasteiger partial charge in [0.2, 0.25) is 0 Å². The zero-order chi connectivity index (χ0) is 12.7. The second kappa shape index (κ2) is 9.27. The normalized spacial score (nSPS) is 10.7. The maximum absolute atomic E-state index is 5.99. The lowest BCUT2D eigenvalue weighted by Gasteiger charge is -2.08. The number of aliphatic imine (C=N–C) groups is 1. The van der Waals surface area contributed by atoms with Crippen molar-refractivity contribution in [1.29, 1.82) is 0 Å². The molecule has 0 aliphatic rings. The standard InChI is InChI=1S/C12H18ClN3O.HI/c1-3-4-7-15-12(14)16-9-5-6-11(17-2)10(13)8-9;/h5-6,8H,3-4,7H2,1-2H3,(H3,14,15,16);1H. The minimum absolute atomic E-state index is 0. The number of guanidine groups is 1. The van der Waals surface area contributed by atoms with Crippen LogP contribution in [0, 0.1) is 0 Å². The van der Waals surface area contributed by atoms with Crippen molar-refractivity contribution >= 4 is 47.2 Å². The average molecular weight is 384 g/mol. The number of benzene rings is 1. The molecule has 0 aliphatic carbocycles. The highest BCUT2D eigenvalue weighted by Crippen LogP contribution is 2.26. The zero-order valence-electron chi connectivity index (χ0n) is 10.6. The molecule has 1 aromatic carbocycles. The lowest BCUT2D eigenvalue weighted by atomic mass is 10.3. The van der Waals surface area contributed by atoms with E-state index in [0.717, 1.165) is 25.1 Å². The number of methoxy groups -OCH3 is 1. The highest BCUT2D eigenvalue weighted by Gasteiger charge is 2.02. The van der Waals surface area contributed by atoms with E-state index in [0.29, 0.717) is 16.7 Å². The summed E-state index contributed by atoms with van der Waals surface area (Å²) < 4.78 is 5.06. The van der Waals surface area contributed by atoms with Crippen molar-refractivity contribution in [2.75, 3.05) is 19.0 Å². The van der Waals surface area contributed by atoms with Gasteiger partial charge in [-0.15, -0.1) is 24.0 Å². The molecule has 0 spiro atoms. The molecule has 0 aromatic heterocycles. The summed E-state index contributed by atoms with van der Waals surface area (Å²) in [6.45, 7) is 2.85. The largest absolute Gasteiger partial charge is 0.495 e. The molecule has 4 nitrogen and oxygen atoms in total. The van der Waals surface area contributed by atoms with Gasteiger partial charge in [-0.3, -0.25) is 4.99 Å². The maximum Gasteiger partial charge on any atom is 0.193 e. The Morgan fingerprint density at radius 1 is 1.50 bits per heavy atom. The molecule has 3 N–H and O–H groups in total. The number of halogens is 2. The molecular formula is C12H19ClIN3O. The van der Waals surface area contributed by atoms with Gasteiger partial charge < -0.3 is 15.8 Å². The van der Waals surface area contributed by atoms with Crippen LogP contribution in [0.25, 0.3) is 0 Å². The van der Waals surface area contributed by atoms with E-state index in [1.165, 1.54) is 0 Å². The third-order valence-electron chi connectivity index (χ3n) is 2.22. The van der Waals surface area contributed by atoms with Crippen LogP contribution in [0.1, 0.15) is 19.8 Å². The van der Waals surface area contributed by atoms with Gasteiger partial charge in [0, 0.05) is 12.2 Å². The van der Waals surface area contributed by atoms with Crippen molar-refractivity contribution < 1.29 is 4.74 Å². The van der Waals surface area contributed by atoms with Gasteiger partial charge in [0.15, 0.2) is 5.96 Å². The van der Waals surface area contributed by atoms with Crippen molar-refractivity contribution in [3.63, 3.8) is 0 Å². The van der Waals surface area contributed by atoms with Crippen LogP contribution in [0.2, 0.25) is 5.02 Å². The van der Waals surface area contributed by atoms with Crippen molar-refractivity contribution in [3.8, 4) is 5.75 Å². The van der Waals surface area contributed by atoms with Crippen LogP contribution < -0.4 is 15.8 Å². The van der Waals surface area contributed by atoms with Crippen molar-refractivity contribution in [1.82, 2.24) is 0 Å². The first-order valence-electron chi connectivity index (χ1n) is 5.58. The molecule has 1 rings (SSSR count). The molecule has 0 saturated carbocycles. The number of nitrogens with two attached hydrogens (primary N) is 1. The fraction of sp³-hybridized carbons (Fsp3) is 0.417. The van der Waals surface area contributed by atoms with Crippen LogP contribution >= 0.6 is 35.6 Å². The van der Waals surface area contributed by atoms with E-state index in [9.17, 15) is 0 Å². The first kappa shape index (κ1) is 17.3. The lowest BCUT2D eigenvalue weighted by Crippen LogP contribution is -2.22. The summed E-state index contributed by atoms with van der Waals surface area (Å²) in [5, 5.41) is 3.52. The predicted octanol–water partition coefficient (Wildman–Crippen LogP) is 3.49. The van der Waals surface area contributed by atoms with Crippen LogP contribution in [0.4, 0.5) is 5.69 Å². The Labute approximate surface area is 130 Å². The monoisotopic (exact) mass is 383 g/mol. The molecule has 0 heterocycles. The molecule has 1 aromatic rings. The van der Waals surface area contributed by atoms with E-state index in [1.54, 1.807) is 19.2 Å².